The lowest BCUT2D eigenvalue weighted by atomic mass is 10.1. The lowest BCUT2D eigenvalue weighted by Crippen LogP contribution is -2.57. The maximum atomic E-state index is 15.5. The molecule has 9 nitrogen and oxygen atoms in total. The van der Waals surface area contributed by atoms with Gasteiger partial charge in [-0.1, -0.05) is 11.6 Å². The molecule has 2 atom stereocenters. The number of ether oxygens (including phenoxy) is 1. The summed E-state index contributed by atoms with van der Waals surface area (Å²) in [4.78, 5) is 28.2. The summed E-state index contributed by atoms with van der Waals surface area (Å²) in [6, 6.07) is 1.46. The summed E-state index contributed by atoms with van der Waals surface area (Å²) in [5.41, 5.74) is 0.902. The zero-order valence-corrected chi connectivity index (χ0v) is 23.8. The van der Waals surface area contributed by atoms with E-state index in [1.54, 1.807) is 17.3 Å². The van der Waals surface area contributed by atoms with Crippen molar-refractivity contribution in [3.63, 3.8) is 0 Å². The van der Waals surface area contributed by atoms with E-state index in [-0.39, 0.29) is 27.7 Å². The number of nitrogens with zero attached hydrogens (tertiary/aromatic N) is 6. The summed E-state index contributed by atoms with van der Waals surface area (Å²) in [5.74, 6) is 0.0892. The number of rotatable bonds is 4. The van der Waals surface area contributed by atoms with Crippen LogP contribution in [0.25, 0.3) is 21.9 Å². The van der Waals surface area contributed by atoms with Crippen LogP contribution in [0.2, 0.25) is 5.02 Å². The Morgan fingerprint density at radius 3 is 2.62 bits per heavy atom. The van der Waals surface area contributed by atoms with Crippen molar-refractivity contribution in [1.82, 2.24) is 24.3 Å². The van der Waals surface area contributed by atoms with Crippen molar-refractivity contribution >= 4 is 61.4 Å². The van der Waals surface area contributed by atoms with Crippen LogP contribution < -0.4 is 4.90 Å². The monoisotopic (exact) mass is 596 g/mol. The molecular weight excluding hydrogens is 567 g/mol. The Balaban J connectivity index is 1.61. The minimum Gasteiger partial charge on any atom is -0.444 e. The van der Waals surface area contributed by atoms with Gasteiger partial charge in [-0.3, -0.25) is 0 Å². The zero-order valence-electron chi connectivity index (χ0n) is 21.5. The number of pyridine rings is 1. The lowest BCUT2D eigenvalue weighted by molar-refractivity contribution is 0.0173. The number of carbonyl (C=O) groups excluding carboxylic acids is 1. The number of anilines is 1. The number of hydrogen-bond donors (Lipinski definition) is 1. The number of aliphatic hydroxyl groups excluding tert-OH is 1. The fourth-order valence-corrected chi connectivity index (χ4v) is 5.58. The third-order valence-electron chi connectivity index (χ3n) is 7.13. The highest BCUT2D eigenvalue weighted by atomic mass is 79.9. The summed E-state index contributed by atoms with van der Waals surface area (Å²) < 4.78 is 23.2. The van der Waals surface area contributed by atoms with Crippen LogP contribution in [0.4, 0.5) is 15.0 Å². The first-order valence-corrected chi connectivity index (χ1v) is 13.4. The molecule has 5 rings (SSSR count). The van der Waals surface area contributed by atoms with Gasteiger partial charge in [-0.2, -0.15) is 0 Å². The molecule has 1 N–H and O–H groups in total. The number of imidazole rings is 1. The number of halogens is 3. The van der Waals surface area contributed by atoms with Crippen LogP contribution in [0.3, 0.4) is 0 Å². The van der Waals surface area contributed by atoms with E-state index in [1.165, 1.54) is 0 Å². The predicted octanol–water partition coefficient (Wildman–Crippen LogP) is 4.43. The number of aliphatic hydroxyl groups is 1. The van der Waals surface area contributed by atoms with Crippen LogP contribution in [-0.2, 0) is 4.74 Å². The molecule has 1 aromatic carbocycles. The summed E-state index contributed by atoms with van der Waals surface area (Å²) in [7, 11) is 4.07. The maximum absolute atomic E-state index is 15.5. The van der Waals surface area contributed by atoms with Crippen molar-refractivity contribution in [1.29, 1.82) is 0 Å². The largest absolute Gasteiger partial charge is 0.444 e. The van der Waals surface area contributed by atoms with E-state index in [0.717, 1.165) is 13.1 Å². The average molecular weight is 598 g/mol. The molecule has 2 aromatic heterocycles. The van der Waals surface area contributed by atoms with Gasteiger partial charge >= 0.3 is 6.09 Å². The lowest BCUT2D eigenvalue weighted by Gasteiger charge is -2.43. The Kier molecular flexibility index (Phi) is 6.79. The van der Waals surface area contributed by atoms with Gasteiger partial charge in [0.05, 0.1) is 40.0 Å². The molecule has 0 spiro atoms. The van der Waals surface area contributed by atoms with Gasteiger partial charge < -0.3 is 29.1 Å². The number of fused-ring (bicyclic) bond motifs is 3. The number of amides is 1. The van der Waals surface area contributed by atoms with Gasteiger partial charge in [0.2, 0.25) is 0 Å². The van der Waals surface area contributed by atoms with Crippen molar-refractivity contribution in [3.05, 3.63) is 27.7 Å². The fraction of sp³-hybridized carbons (Fsp3) is 0.560. The summed E-state index contributed by atoms with van der Waals surface area (Å²) >= 11 is 9.63. The third kappa shape index (κ3) is 4.64. The molecule has 2 fully saturated rings. The summed E-state index contributed by atoms with van der Waals surface area (Å²) in [6.07, 6.45) is 1.74. The number of hydrogen-bond acceptors (Lipinski definition) is 7. The molecule has 200 valence electrons. The molecular formula is C25H31BrClFN6O3. The van der Waals surface area contributed by atoms with E-state index < -0.39 is 23.6 Å². The molecule has 0 aliphatic carbocycles. The Labute approximate surface area is 228 Å². The van der Waals surface area contributed by atoms with Crippen molar-refractivity contribution in [3.8, 4) is 0 Å². The van der Waals surface area contributed by atoms with Gasteiger partial charge in [0.1, 0.15) is 16.6 Å². The van der Waals surface area contributed by atoms with Crippen LogP contribution in [0.15, 0.2) is 16.9 Å². The smallest absolute Gasteiger partial charge is 0.410 e. The molecule has 2 saturated heterocycles. The molecule has 0 unspecified atom stereocenters. The van der Waals surface area contributed by atoms with Crippen molar-refractivity contribution in [2.24, 2.45) is 0 Å². The molecule has 37 heavy (non-hydrogen) atoms. The number of likely N-dealkylation sites (N-methyl/N-ethyl adjacent to an activating group) is 1. The first-order chi connectivity index (χ1) is 17.4. The highest BCUT2D eigenvalue weighted by molar-refractivity contribution is 9.10. The molecule has 12 heteroatoms. The van der Waals surface area contributed by atoms with Crippen LogP contribution in [0.1, 0.15) is 33.2 Å². The standard InChI is InChI=1S/C25H31BrClFN6O3/c1-25(2,3)37-24(36)33-10-13(6-14(33)11-35)34-12-29-21-22(34)16-7-17(27)18(26)19(28)20(16)30-23(21)32-8-15(9-32)31(4)5/h7,12-15,35H,6,8-11H2,1-5H3/t13-,14-/m1/s1. The van der Waals surface area contributed by atoms with E-state index >= 15 is 4.39 Å². The van der Waals surface area contributed by atoms with Gasteiger partial charge in [0.25, 0.3) is 0 Å². The van der Waals surface area contributed by atoms with Crippen LogP contribution in [0, 0.1) is 5.82 Å². The highest BCUT2D eigenvalue weighted by Gasteiger charge is 2.39. The Morgan fingerprint density at radius 1 is 1.30 bits per heavy atom. The van der Waals surface area contributed by atoms with E-state index in [0.29, 0.717) is 41.2 Å². The first-order valence-electron chi connectivity index (χ1n) is 12.2. The van der Waals surface area contributed by atoms with Crippen LogP contribution in [0.5, 0.6) is 0 Å². The second kappa shape index (κ2) is 9.52. The van der Waals surface area contributed by atoms with E-state index in [9.17, 15) is 9.90 Å². The van der Waals surface area contributed by atoms with Crippen molar-refractivity contribution in [2.45, 2.75) is 50.9 Å². The Morgan fingerprint density at radius 2 is 2.00 bits per heavy atom. The van der Waals surface area contributed by atoms with E-state index in [2.05, 4.69) is 25.7 Å². The molecule has 1 amide bonds. The summed E-state index contributed by atoms with van der Waals surface area (Å²) in [6.45, 7) is 7.07. The molecule has 3 aromatic rings. The van der Waals surface area contributed by atoms with Gasteiger partial charge in [-0.05, 0) is 63.3 Å². The van der Waals surface area contributed by atoms with Crippen LogP contribution >= 0.6 is 27.5 Å². The SMILES string of the molecule is CN(C)C1CN(c2nc3c(F)c(Br)c(Cl)cc3c3c2ncn3[C@@H]2C[C@H](CO)N(C(=O)OC(C)(C)C)C2)C1. The molecule has 2 aliphatic heterocycles. The van der Waals surface area contributed by atoms with Crippen molar-refractivity contribution in [2.75, 3.05) is 45.2 Å². The second-order valence-electron chi connectivity index (χ2n) is 11.0. The number of likely N-dealkylation sites (tertiary alicyclic amines) is 1. The zero-order chi connectivity index (χ0) is 26.8. The molecule has 0 radical (unpaired) electrons. The normalized spacial score (nSPS) is 20.9. The topological polar surface area (TPSA) is 87.0 Å². The van der Waals surface area contributed by atoms with Gasteiger partial charge in [0.15, 0.2) is 11.6 Å². The fourth-order valence-electron chi connectivity index (χ4n) is 5.09. The van der Waals surface area contributed by atoms with Gasteiger partial charge in [0, 0.05) is 31.1 Å². The number of benzene rings is 1. The number of aromatic nitrogens is 3. The molecule has 0 bridgehead atoms. The predicted molar refractivity (Wildman–Crippen MR) is 145 cm³/mol. The maximum Gasteiger partial charge on any atom is 0.410 e. The van der Waals surface area contributed by atoms with Crippen molar-refractivity contribution < 1.29 is 19.0 Å². The highest BCUT2D eigenvalue weighted by Crippen LogP contribution is 2.41. The minimum absolute atomic E-state index is 0.164. The van der Waals surface area contributed by atoms with Gasteiger partial charge in [-0.25, -0.2) is 19.2 Å². The minimum atomic E-state index is -0.656. The Bertz CT molecular complexity index is 1370. The molecule has 0 saturated carbocycles. The second-order valence-corrected chi connectivity index (χ2v) is 12.2. The molecule has 2 aliphatic rings. The van der Waals surface area contributed by atoms with Gasteiger partial charge in [-0.15, -0.1) is 0 Å². The van der Waals surface area contributed by atoms with E-state index in [4.69, 9.17) is 26.3 Å². The Hall–Kier alpha value is -2.21. The first kappa shape index (κ1) is 26.4. The van der Waals surface area contributed by atoms with Crippen LogP contribution in [-0.4, -0.2) is 93.6 Å². The number of carbonyl (C=O) groups is 1. The van der Waals surface area contributed by atoms with E-state index in [1.807, 2.05) is 39.4 Å². The third-order valence-corrected chi connectivity index (χ3v) is 8.43. The quantitative estimate of drug-likeness (QED) is 0.445. The average Bonchev–Trinajstić information content (AvgIpc) is 3.40. The summed E-state index contributed by atoms with van der Waals surface area (Å²) in [5, 5.41) is 10.8. The molecule has 4 heterocycles.